The van der Waals surface area contributed by atoms with E-state index in [2.05, 4.69) is 39.1 Å². The Morgan fingerprint density at radius 1 is 0.920 bits per heavy atom. The Morgan fingerprint density at radius 3 is 2.00 bits per heavy atom. The zero-order valence-corrected chi connectivity index (χ0v) is 16.3. The molecule has 2 aromatic rings. The van der Waals surface area contributed by atoms with Crippen LogP contribution in [-0.2, 0) is 6.61 Å². The van der Waals surface area contributed by atoms with Crippen molar-refractivity contribution < 1.29 is 9.47 Å². The smallest absolute Gasteiger partial charge is 0.125 e. The van der Waals surface area contributed by atoms with Gasteiger partial charge in [-0.2, -0.15) is 0 Å². The Bertz CT molecular complexity index is 592. The molecule has 0 aliphatic carbocycles. The first-order valence-corrected chi connectivity index (χ1v) is 8.72. The Hall–Kier alpha value is -2.48. The highest BCUT2D eigenvalue weighted by molar-refractivity contribution is 5.46. The van der Waals surface area contributed by atoms with Crippen LogP contribution in [0.15, 0.2) is 67.8 Å². The number of hydrogen-bond donors (Lipinski definition) is 0. The van der Waals surface area contributed by atoms with E-state index in [9.17, 15) is 0 Å². The summed E-state index contributed by atoms with van der Waals surface area (Å²) in [7, 11) is 0. The first-order chi connectivity index (χ1) is 12.2. The van der Waals surface area contributed by atoms with E-state index in [1.54, 1.807) is 0 Å². The van der Waals surface area contributed by atoms with Gasteiger partial charge >= 0.3 is 0 Å². The lowest BCUT2D eigenvalue weighted by atomic mass is 10.1. The van der Waals surface area contributed by atoms with Crippen molar-refractivity contribution in [3.05, 3.63) is 84.5 Å². The van der Waals surface area contributed by atoms with E-state index in [1.807, 2.05) is 63.3 Å². The number of allylic oxidation sites excluding steroid dienone is 1. The molecule has 0 spiro atoms. The highest BCUT2D eigenvalue weighted by Gasteiger charge is 2.07. The van der Waals surface area contributed by atoms with Crippen LogP contribution in [0.1, 0.15) is 37.5 Å². The molecule has 0 unspecified atom stereocenters. The summed E-state index contributed by atoms with van der Waals surface area (Å²) >= 11 is 0. The summed E-state index contributed by atoms with van der Waals surface area (Å²) in [6.45, 7) is 17.3. The molecule has 0 bridgehead atoms. The maximum atomic E-state index is 5.96. The molecule has 0 amide bonds. The van der Waals surface area contributed by atoms with Gasteiger partial charge in [0.25, 0.3) is 0 Å². The van der Waals surface area contributed by atoms with Crippen molar-refractivity contribution in [3.63, 3.8) is 0 Å². The second-order valence-corrected chi connectivity index (χ2v) is 5.04. The lowest BCUT2D eigenvalue weighted by Crippen LogP contribution is -2.00. The van der Waals surface area contributed by atoms with Crippen molar-refractivity contribution in [2.24, 2.45) is 0 Å². The average molecular weight is 341 g/mol. The van der Waals surface area contributed by atoms with Gasteiger partial charge in [-0.25, -0.2) is 0 Å². The highest BCUT2D eigenvalue weighted by atomic mass is 16.5. The molecule has 0 heterocycles. The fraction of sp³-hybridized carbons (Fsp3) is 0.304. The standard InChI is InChI=1S/C19H22O2.C2H6.C2H4/c1-4-5-11-20-18-12-15(2)19(16(3)13-18)21-14-17-9-7-6-8-10-17;2*1-2/h4-10,12-13H,11,14H2,1-3H3;1-2H3;1-2H2/b5-4+;;. The van der Waals surface area contributed by atoms with Gasteiger partial charge in [-0.3, -0.25) is 0 Å². The molecule has 136 valence electrons. The largest absolute Gasteiger partial charge is 0.490 e. The Labute approximate surface area is 153 Å². The van der Waals surface area contributed by atoms with Crippen LogP contribution >= 0.6 is 0 Å². The van der Waals surface area contributed by atoms with E-state index >= 15 is 0 Å². The summed E-state index contributed by atoms with van der Waals surface area (Å²) < 4.78 is 11.6. The van der Waals surface area contributed by atoms with E-state index in [0.717, 1.165) is 22.6 Å². The monoisotopic (exact) mass is 340 g/mol. The Kier molecular flexibility index (Phi) is 12.5. The Morgan fingerprint density at radius 2 is 1.48 bits per heavy atom. The summed E-state index contributed by atoms with van der Waals surface area (Å²) in [6.07, 6.45) is 3.97. The summed E-state index contributed by atoms with van der Waals surface area (Å²) in [6, 6.07) is 14.2. The minimum Gasteiger partial charge on any atom is -0.490 e. The van der Waals surface area contributed by atoms with Crippen LogP contribution in [0.2, 0.25) is 0 Å². The van der Waals surface area contributed by atoms with Crippen molar-refractivity contribution in [1.29, 1.82) is 0 Å². The van der Waals surface area contributed by atoms with Gasteiger partial charge < -0.3 is 9.47 Å². The van der Waals surface area contributed by atoms with Gasteiger partial charge in [0.05, 0.1) is 0 Å². The molecule has 0 aliphatic rings. The number of benzene rings is 2. The predicted octanol–water partition coefficient (Wildman–Crippen LogP) is 6.67. The van der Waals surface area contributed by atoms with E-state index in [0.29, 0.717) is 13.2 Å². The molecule has 0 saturated carbocycles. The van der Waals surface area contributed by atoms with Gasteiger partial charge in [-0.15, -0.1) is 13.2 Å². The van der Waals surface area contributed by atoms with Crippen molar-refractivity contribution >= 4 is 0 Å². The summed E-state index contributed by atoms with van der Waals surface area (Å²) in [5.41, 5.74) is 3.37. The molecule has 2 rings (SSSR count). The second kappa shape index (κ2) is 13.9. The third-order valence-electron chi connectivity index (χ3n) is 3.24. The van der Waals surface area contributed by atoms with Crippen LogP contribution in [0.4, 0.5) is 0 Å². The first-order valence-electron chi connectivity index (χ1n) is 8.72. The maximum absolute atomic E-state index is 5.96. The molecule has 0 saturated heterocycles. The quantitative estimate of drug-likeness (QED) is 0.547. The number of aryl methyl sites for hydroxylation is 2. The molecule has 2 heteroatoms. The van der Waals surface area contributed by atoms with E-state index < -0.39 is 0 Å². The maximum Gasteiger partial charge on any atom is 0.125 e. The normalized spacial score (nSPS) is 9.48. The molecule has 0 N–H and O–H groups in total. The molecule has 0 atom stereocenters. The third kappa shape index (κ3) is 8.25. The summed E-state index contributed by atoms with van der Waals surface area (Å²) in [5.74, 6) is 1.83. The van der Waals surface area contributed by atoms with Crippen molar-refractivity contribution in [3.8, 4) is 11.5 Å². The van der Waals surface area contributed by atoms with Gasteiger partial charge in [0.2, 0.25) is 0 Å². The van der Waals surface area contributed by atoms with Crippen LogP contribution in [0.3, 0.4) is 0 Å². The van der Waals surface area contributed by atoms with Crippen LogP contribution in [0.25, 0.3) is 0 Å². The highest BCUT2D eigenvalue weighted by Crippen LogP contribution is 2.29. The fourth-order valence-electron chi connectivity index (χ4n) is 2.19. The fourth-order valence-corrected chi connectivity index (χ4v) is 2.19. The molecule has 25 heavy (non-hydrogen) atoms. The van der Waals surface area contributed by atoms with Crippen molar-refractivity contribution in [2.75, 3.05) is 6.61 Å². The van der Waals surface area contributed by atoms with Crippen molar-refractivity contribution in [2.45, 2.75) is 41.2 Å². The van der Waals surface area contributed by atoms with Gasteiger partial charge in [-0.05, 0) is 49.6 Å². The van der Waals surface area contributed by atoms with Gasteiger partial charge in [-0.1, -0.05) is 56.3 Å². The van der Waals surface area contributed by atoms with Crippen LogP contribution < -0.4 is 9.47 Å². The number of rotatable bonds is 6. The van der Waals surface area contributed by atoms with E-state index in [4.69, 9.17) is 9.47 Å². The number of hydrogen-bond acceptors (Lipinski definition) is 2. The Balaban J connectivity index is 0.00000134. The summed E-state index contributed by atoms with van der Waals surface area (Å²) in [5, 5.41) is 0. The zero-order chi connectivity index (χ0) is 19.1. The summed E-state index contributed by atoms with van der Waals surface area (Å²) in [4.78, 5) is 0. The van der Waals surface area contributed by atoms with Crippen LogP contribution in [-0.4, -0.2) is 6.61 Å². The van der Waals surface area contributed by atoms with E-state index in [-0.39, 0.29) is 0 Å². The minimum absolute atomic E-state index is 0.585. The molecular formula is C23H32O2. The molecule has 0 aliphatic heterocycles. The van der Waals surface area contributed by atoms with Gasteiger partial charge in [0.15, 0.2) is 0 Å². The van der Waals surface area contributed by atoms with Crippen LogP contribution in [0.5, 0.6) is 11.5 Å². The third-order valence-corrected chi connectivity index (χ3v) is 3.24. The minimum atomic E-state index is 0.585. The first kappa shape index (κ1) is 22.5. The molecule has 2 aromatic carbocycles. The second-order valence-electron chi connectivity index (χ2n) is 5.04. The molecule has 0 aromatic heterocycles. The number of ether oxygens (including phenoxy) is 2. The van der Waals surface area contributed by atoms with Crippen LogP contribution in [0, 0.1) is 13.8 Å². The molecular weight excluding hydrogens is 308 g/mol. The lowest BCUT2D eigenvalue weighted by molar-refractivity contribution is 0.300. The molecule has 0 fully saturated rings. The molecule has 0 radical (unpaired) electrons. The van der Waals surface area contributed by atoms with Crippen molar-refractivity contribution in [1.82, 2.24) is 0 Å². The SMILES string of the molecule is C/C=C/COc1cc(C)c(OCc2ccccc2)c(C)c1.C=C.CC. The topological polar surface area (TPSA) is 18.5 Å². The van der Waals surface area contributed by atoms with Gasteiger partial charge in [0, 0.05) is 0 Å². The van der Waals surface area contributed by atoms with Gasteiger partial charge in [0.1, 0.15) is 24.7 Å². The van der Waals surface area contributed by atoms with E-state index in [1.165, 1.54) is 5.56 Å². The lowest BCUT2D eigenvalue weighted by Gasteiger charge is -2.14. The molecule has 2 nitrogen and oxygen atoms in total. The zero-order valence-electron chi connectivity index (χ0n) is 16.3. The predicted molar refractivity (Wildman–Crippen MR) is 110 cm³/mol. The average Bonchev–Trinajstić information content (AvgIpc) is 2.65.